The van der Waals surface area contributed by atoms with Gasteiger partial charge in [0.1, 0.15) is 0 Å². The summed E-state index contributed by atoms with van der Waals surface area (Å²) in [6.45, 7) is 1.87. The van der Waals surface area contributed by atoms with Gasteiger partial charge in [-0.2, -0.15) is 0 Å². The standard InChI is InChI=1S/C16H23N2O/c17-16(19)15-11-5-7-13-18(15)12-6-4-10-14-8-2-1-3-9-14/h1-3,6,8-9,15H,4-5,7,10-13H2,(H2,17,19). The second kappa shape index (κ2) is 7.29. The van der Waals surface area contributed by atoms with E-state index in [1.165, 1.54) is 12.0 Å². The van der Waals surface area contributed by atoms with Gasteiger partial charge >= 0.3 is 0 Å². The summed E-state index contributed by atoms with van der Waals surface area (Å²) in [5.74, 6) is -0.170. The fourth-order valence-corrected chi connectivity index (χ4v) is 2.70. The summed E-state index contributed by atoms with van der Waals surface area (Å²) >= 11 is 0. The van der Waals surface area contributed by atoms with Gasteiger partial charge in [-0.05, 0) is 44.2 Å². The first kappa shape index (κ1) is 14.1. The molecule has 1 aromatic rings. The smallest absolute Gasteiger partial charge is 0.234 e. The minimum absolute atomic E-state index is 0.0540. The molecule has 0 saturated carbocycles. The normalized spacial score (nSPS) is 20.3. The Kier molecular flexibility index (Phi) is 5.40. The highest BCUT2D eigenvalue weighted by Crippen LogP contribution is 2.17. The van der Waals surface area contributed by atoms with Crippen LogP contribution < -0.4 is 5.73 Å². The number of carbonyl (C=O) groups excluding carboxylic acids is 1. The van der Waals surface area contributed by atoms with Crippen molar-refractivity contribution in [1.82, 2.24) is 4.90 Å². The zero-order valence-electron chi connectivity index (χ0n) is 11.4. The van der Waals surface area contributed by atoms with Gasteiger partial charge in [-0.3, -0.25) is 9.69 Å². The summed E-state index contributed by atoms with van der Waals surface area (Å²) in [6.07, 6.45) is 7.60. The number of nitrogens with two attached hydrogens (primary N) is 1. The van der Waals surface area contributed by atoms with Crippen molar-refractivity contribution in [3.05, 3.63) is 42.3 Å². The molecule has 3 nitrogen and oxygen atoms in total. The van der Waals surface area contributed by atoms with Crippen LogP contribution in [0.25, 0.3) is 0 Å². The Morgan fingerprint density at radius 3 is 2.84 bits per heavy atom. The van der Waals surface area contributed by atoms with Crippen molar-refractivity contribution in [2.45, 2.75) is 38.1 Å². The maximum atomic E-state index is 11.4. The van der Waals surface area contributed by atoms with E-state index in [1.54, 1.807) is 0 Å². The van der Waals surface area contributed by atoms with E-state index in [2.05, 4.69) is 35.6 Å². The van der Waals surface area contributed by atoms with Crippen molar-refractivity contribution in [3.8, 4) is 0 Å². The average Bonchev–Trinajstić information content (AvgIpc) is 2.45. The molecular formula is C16H23N2O. The lowest BCUT2D eigenvalue weighted by Gasteiger charge is -2.33. The van der Waals surface area contributed by atoms with E-state index < -0.39 is 0 Å². The second-order valence-corrected chi connectivity index (χ2v) is 5.22. The third-order valence-corrected chi connectivity index (χ3v) is 3.79. The lowest BCUT2D eigenvalue weighted by Crippen LogP contribution is -2.48. The van der Waals surface area contributed by atoms with Gasteiger partial charge in [-0.15, -0.1) is 0 Å². The molecule has 3 heteroatoms. The van der Waals surface area contributed by atoms with Crippen LogP contribution in [0.15, 0.2) is 30.3 Å². The summed E-state index contributed by atoms with van der Waals surface area (Å²) in [5, 5.41) is 0. The van der Waals surface area contributed by atoms with Crippen LogP contribution in [0.3, 0.4) is 0 Å². The van der Waals surface area contributed by atoms with Gasteiger partial charge in [0.05, 0.1) is 6.04 Å². The van der Waals surface area contributed by atoms with Gasteiger partial charge in [0.25, 0.3) is 0 Å². The number of unbranched alkanes of at least 4 members (excludes halogenated alkanes) is 1. The zero-order valence-corrected chi connectivity index (χ0v) is 11.4. The highest BCUT2D eigenvalue weighted by atomic mass is 16.1. The van der Waals surface area contributed by atoms with Crippen molar-refractivity contribution >= 4 is 5.91 Å². The highest BCUT2D eigenvalue weighted by Gasteiger charge is 2.25. The molecule has 103 valence electrons. The Balaban J connectivity index is 1.71. The van der Waals surface area contributed by atoms with Crippen LogP contribution >= 0.6 is 0 Å². The molecule has 1 aliphatic heterocycles. The minimum Gasteiger partial charge on any atom is -0.368 e. The lowest BCUT2D eigenvalue weighted by atomic mass is 10.0. The topological polar surface area (TPSA) is 46.3 Å². The first-order valence-electron chi connectivity index (χ1n) is 7.16. The van der Waals surface area contributed by atoms with E-state index in [4.69, 9.17) is 5.73 Å². The van der Waals surface area contributed by atoms with Crippen LogP contribution in [0.4, 0.5) is 0 Å². The molecule has 1 aromatic carbocycles. The summed E-state index contributed by atoms with van der Waals surface area (Å²) in [4.78, 5) is 13.6. The molecule has 0 aromatic heterocycles. The first-order valence-corrected chi connectivity index (χ1v) is 7.16. The fraction of sp³-hybridized carbons (Fsp3) is 0.500. The monoisotopic (exact) mass is 259 g/mol. The van der Waals surface area contributed by atoms with E-state index in [1.807, 2.05) is 6.07 Å². The number of primary amides is 1. The van der Waals surface area contributed by atoms with E-state index in [0.29, 0.717) is 0 Å². The van der Waals surface area contributed by atoms with Crippen molar-refractivity contribution in [2.24, 2.45) is 5.73 Å². The maximum absolute atomic E-state index is 11.4. The van der Waals surface area contributed by atoms with Crippen molar-refractivity contribution < 1.29 is 4.79 Å². The van der Waals surface area contributed by atoms with Gasteiger partial charge in [-0.1, -0.05) is 36.8 Å². The second-order valence-electron chi connectivity index (χ2n) is 5.22. The largest absolute Gasteiger partial charge is 0.368 e. The molecule has 1 atom stereocenters. The number of carbonyl (C=O) groups is 1. The Bertz CT molecular complexity index is 391. The molecule has 1 unspecified atom stereocenters. The van der Waals surface area contributed by atoms with Crippen LogP contribution in [-0.4, -0.2) is 29.9 Å². The number of hydrogen-bond donors (Lipinski definition) is 1. The summed E-state index contributed by atoms with van der Waals surface area (Å²) in [7, 11) is 0. The third-order valence-electron chi connectivity index (χ3n) is 3.79. The molecule has 1 amide bonds. The molecule has 0 bridgehead atoms. The highest BCUT2D eigenvalue weighted by molar-refractivity contribution is 5.79. The number of benzene rings is 1. The zero-order chi connectivity index (χ0) is 13.5. The number of nitrogens with zero attached hydrogens (tertiary/aromatic N) is 1. The lowest BCUT2D eigenvalue weighted by molar-refractivity contribution is -0.124. The van der Waals surface area contributed by atoms with Gasteiger partial charge in [0, 0.05) is 6.54 Å². The van der Waals surface area contributed by atoms with Gasteiger partial charge < -0.3 is 5.73 Å². The Hall–Kier alpha value is -1.35. The summed E-state index contributed by atoms with van der Waals surface area (Å²) < 4.78 is 0. The van der Waals surface area contributed by atoms with E-state index in [-0.39, 0.29) is 11.9 Å². The molecule has 1 radical (unpaired) electrons. The molecule has 0 spiro atoms. The summed E-state index contributed by atoms with van der Waals surface area (Å²) in [6, 6.07) is 10.4. The number of aryl methyl sites for hydroxylation is 1. The van der Waals surface area contributed by atoms with E-state index in [0.717, 1.165) is 38.8 Å². The average molecular weight is 259 g/mol. The predicted molar refractivity (Wildman–Crippen MR) is 77.5 cm³/mol. The first-order chi connectivity index (χ1) is 9.27. The van der Waals surface area contributed by atoms with Gasteiger partial charge in [0.15, 0.2) is 0 Å². The Morgan fingerprint density at radius 2 is 2.11 bits per heavy atom. The molecule has 0 aliphatic carbocycles. The molecular weight excluding hydrogens is 236 g/mol. The van der Waals surface area contributed by atoms with E-state index in [9.17, 15) is 4.79 Å². The maximum Gasteiger partial charge on any atom is 0.234 e. The molecule has 2 N–H and O–H groups in total. The van der Waals surface area contributed by atoms with Crippen molar-refractivity contribution in [1.29, 1.82) is 0 Å². The van der Waals surface area contributed by atoms with Crippen LogP contribution in [0, 0.1) is 6.42 Å². The summed E-state index contributed by atoms with van der Waals surface area (Å²) in [5.41, 5.74) is 6.82. The van der Waals surface area contributed by atoms with Crippen LogP contribution in [0.1, 0.15) is 31.2 Å². The molecule has 1 saturated heterocycles. The predicted octanol–water partition coefficient (Wildman–Crippen LogP) is 2.16. The molecule has 1 heterocycles. The molecule has 1 fully saturated rings. The molecule has 1 aliphatic rings. The quantitative estimate of drug-likeness (QED) is 0.796. The third kappa shape index (κ3) is 4.35. The SMILES string of the molecule is NC(=O)C1CCCCN1C[CH]CCc1ccccc1. The van der Waals surface area contributed by atoms with E-state index >= 15 is 0 Å². The molecule has 2 rings (SSSR count). The van der Waals surface area contributed by atoms with Crippen LogP contribution in [0.2, 0.25) is 0 Å². The number of amides is 1. The van der Waals surface area contributed by atoms with Gasteiger partial charge in [0.2, 0.25) is 5.91 Å². The molecule has 19 heavy (non-hydrogen) atoms. The van der Waals surface area contributed by atoms with Crippen molar-refractivity contribution in [3.63, 3.8) is 0 Å². The number of piperidine rings is 1. The minimum atomic E-state index is -0.170. The Labute approximate surface area is 115 Å². The van der Waals surface area contributed by atoms with Gasteiger partial charge in [-0.25, -0.2) is 0 Å². The van der Waals surface area contributed by atoms with Crippen LogP contribution in [0.5, 0.6) is 0 Å². The Morgan fingerprint density at radius 1 is 1.32 bits per heavy atom. The number of likely N-dealkylation sites (tertiary alicyclic amines) is 1. The fourth-order valence-electron chi connectivity index (χ4n) is 2.70. The number of rotatable bonds is 6. The number of hydrogen-bond acceptors (Lipinski definition) is 2. The van der Waals surface area contributed by atoms with Crippen molar-refractivity contribution in [2.75, 3.05) is 13.1 Å². The van der Waals surface area contributed by atoms with Crippen LogP contribution in [-0.2, 0) is 11.2 Å².